The first kappa shape index (κ1) is 18.2. The monoisotopic (exact) mass is 325 g/mol. The van der Waals surface area contributed by atoms with Crippen LogP contribution in [0.15, 0.2) is 0 Å². The summed E-state index contributed by atoms with van der Waals surface area (Å²) in [7, 11) is 1.76. The number of aliphatic carboxylic acids is 1. The third-order valence-corrected chi connectivity index (χ3v) is 6.50. The highest BCUT2D eigenvalue weighted by Crippen LogP contribution is 2.52. The Bertz CT molecular complexity index is 438. The van der Waals surface area contributed by atoms with Crippen molar-refractivity contribution < 1.29 is 19.4 Å². The number of rotatable bonds is 6. The second kappa shape index (κ2) is 7.20. The highest BCUT2D eigenvalue weighted by atomic mass is 16.5. The molecule has 3 atom stereocenters. The second-order valence-corrected chi connectivity index (χ2v) is 7.33. The van der Waals surface area contributed by atoms with Crippen molar-refractivity contribution in [2.45, 2.75) is 71.4 Å². The fraction of sp³-hybridized carbons (Fsp3) is 0.889. The molecule has 5 heteroatoms. The minimum atomic E-state index is -0.726. The lowest BCUT2D eigenvalue weighted by atomic mass is 9.53. The van der Waals surface area contributed by atoms with Crippen LogP contribution in [0.5, 0.6) is 0 Å². The van der Waals surface area contributed by atoms with Crippen LogP contribution in [0.4, 0.5) is 0 Å². The first-order valence-electron chi connectivity index (χ1n) is 8.97. The van der Waals surface area contributed by atoms with Gasteiger partial charge in [-0.15, -0.1) is 0 Å². The number of hydrogen-bond donors (Lipinski definition) is 2. The summed E-state index contributed by atoms with van der Waals surface area (Å²) in [5, 5.41) is 12.3. The summed E-state index contributed by atoms with van der Waals surface area (Å²) in [6, 6.07) is 0.159. The molecule has 0 radical (unpaired) electrons. The Morgan fingerprint density at radius 3 is 2.09 bits per heavy atom. The molecular weight excluding hydrogens is 294 g/mol. The molecule has 132 valence electrons. The van der Waals surface area contributed by atoms with Gasteiger partial charge in [-0.05, 0) is 38.5 Å². The molecule has 0 bridgehead atoms. The van der Waals surface area contributed by atoms with Crippen LogP contribution in [0, 0.1) is 23.2 Å². The normalized spacial score (nSPS) is 36.1. The summed E-state index contributed by atoms with van der Waals surface area (Å²) in [4.78, 5) is 23.7. The van der Waals surface area contributed by atoms with Crippen molar-refractivity contribution in [3.05, 3.63) is 0 Å². The van der Waals surface area contributed by atoms with E-state index < -0.39 is 5.97 Å². The van der Waals surface area contributed by atoms with Crippen molar-refractivity contribution in [3.8, 4) is 0 Å². The van der Waals surface area contributed by atoms with Gasteiger partial charge >= 0.3 is 5.97 Å². The molecule has 0 saturated heterocycles. The van der Waals surface area contributed by atoms with E-state index in [1.54, 1.807) is 7.11 Å². The summed E-state index contributed by atoms with van der Waals surface area (Å²) in [6.45, 7) is 6.47. The number of methoxy groups -OCH3 is 1. The number of amides is 1. The quantitative estimate of drug-likeness (QED) is 0.787. The van der Waals surface area contributed by atoms with Gasteiger partial charge in [0.25, 0.3) is 0 Å². The van der Waals surface area contributed by atoms with Crippen LogP contribution in [-0.2, 0) is 14.3 Å². The van der Waals surface area contributed by atoms with Crippen LogP contribution in [-0.4, -0.2) is 36.2 Å². The average Bonchev–Trinajstić information content (AvgIpc) is 2.56. The molecule has 0 aromatic heterocycles. The predicted molar refractivity (Wildman–Crippen MR) is 88.0 cm³/mol. The Hall–Kier alpha value is -1.10. The van der Waals surface area contributed by atoms with Crippen molar-refractivity contribution in [3.63, 3.8) is 0 Å². The van der Waals surface area contributed by atoms with Crippen LogP contribution in [0.1, 0.15) is 59.3 Å². The highest BCUT2D eigenvalue weighted by Gasteiger charge is 2.59. The zero-order valence-corrected chi connectivity index (χ0v) is 14.8. The van der Waals surface area contributed by atoms with Gasteiger partial charge in [0.05, 0.1) is 12.0 Å². The molecule has 5 nitrogen and oxygen atoms in total. The van der Waals surface area contributed by atoms with E-state index in [-0.39, 0.29) is 35.3 Å². The first-order chi connectivity index (χ1) is 10.9. The summed E-state index contributed by atoms with van der Waals surface area (Å²) < 4.78 is 5.68. The van der Waals surface area contributed by atoms with E-state index in [9.17, 15) is 9.59 Å². The summed E-state index contributed by atoms with van der Waals surface area (Å²) in [5.74, 6) is -0.614. The standard InChI is InChI=1S/C18H31NO4/c1-5-18(6-2)14(11(3)15(18)23-4)19-16(20)12-7-9-13(10-8-12)17(21)22/h11-15H,5-10H2,1-4H3,(H,19,20)(H,21,22)/t11-,12?,13?,14-,15-/m1/s1. The molecule has 0 unspecified atom stereocenters. The molecule has 0 spiro atoms. The first-order valence-corrected chi connectivity index (χ1v) is 8.97. The number of carboxylic acids is 1. The third kappa shape index (κ3) is 3.12. The van der Waals surface area contributed by atoms with Crippen molar-refractivity contribution >= 4 is 11.9 Å². The average molecular weight is 325 g/mol. The van der Waals surface area contributed by atoms with Gasteiger partial charge in [0.2, 0.25) is 5.91 Å². The number of carbonyl (C=O) groups excluding carboxylic acids is 1. The minimum absolute atomic E-state index is 0.0299. The molecule has 0 aromatic rings. The molecule has 2 N–H and O–H groups in total. The molecule has 2 aliphatic rings. The SMILES string of the molecule is CCC1(CC)[C@H](NC(=O)C2CCC(C(=O)O)CC2)[C@@H](C)[C@H]1OC. The van der Waals surface area contributed by atoms with Crippen molar-refractivity contribution in [1.29, 1.82) is 0 Å². The van der Waals surface area contributed by atoms with E-state index >= 15 is 0 Å². The number of hydrogen-bond acceptors (Lipinski definition) is 3. The van der Waals surface area contributed by atoms with Gasteiger partial charge in [-0.25, -0.2) is 0 Å². The van der Waals surface area contributed by atoms with Gasteiger partial charge in [-0.2, -0.15) is 0 Å². The minimum Gasteiger partial charge on any atom is -0.481 e. The molecular formula is C18H31NO4. The van der Waals surface area contributed by atoms with Crippen molar-refractivity contribution in [1.82, 2.24) is 5.32 Å². The van der Waals surface area contributed by atoms with E-state index in [0.717, 1.165) is 12.8 Å². The van der Waals surface area contributed by atoms with Gasteiger partial charge in [0.15, 0.2) is 0 Å². The Morgan fingerprint density at radius 1 is 1.13 bits per heavy atom. The molecule has 0 aromatic carbocycles. The van der Waals surface area contributed by atoms with Crippen LogP contribution in [0.3, 0.4) is 0 Å². The fourth-order valence-corrected chi connectivity index (χ4v) is 4.97. The smallest absolute Gasteiger partial charge is 0.306 e. The van der Waals surface area contributed by atoms with Crippen LogP contribution in [0.25, 0.3) is 0 Å². The molecule has 2 saturated carbocycles. The van der Waals surface area contributed by atoms with Crippen molar-refractivity contribution in [2.24, 2.45) is 23.2 Å². The van der Waals surface area contributed by atoms with Crippen LogP contribution in [0.2, 0.25) is 0 Å². The second-order valence-electron chi connectivity index (χ2n) is 7.33. The zero-order valence-electron chi connectivity index (χ0n) is 14.8. The predicted octanol–water partition coefficient (Wildman–Crippen LogP) is 2.83. The maximum absolute atomic E-state index is 12.6. The van der Waals surface area contributed by atoms with Crippen LogP contribution < -0.4 is 5.32 Å². The summed E-state index contributed by atoms with van der Waals surface area (Å²) in [5.41, 5.74) is 0.0299. The Morgan fingerprint density at radius 2 is 1.65 bits per heavy atom. The van der Waals surface area contributed by atoms with E-state index in [0.29, 0.717) is 31.6 Å². The Balaban J connectivity index is 1.96. The largest absolute Gasteiger partial charge is 0.481 e. The molecule has 0 aliphatic heterocycles. The molecule has 23 heavy (non-hydrogen) atoms. The van der Waals surface area contributed by atoms with Gasteiger partial charge < -0.3 is 15.2 Å². The molecule has 2 rings (SSSR count). The lowest BCUT2D eigenvalue weighted by molar-refractivity contribution is -0.174. The van der Waals surface area contributed by atoms with Crippen molar-refractivity contribution in [2.75, 3.05) is 7.11 Å². The summed E-state index contributed by atoms with van der Waals surface area (Å²) in [6.07, 6.45) is 4.77. The Labute approximate surface area is 139 Å². The fourth-order valence-electron chi connectivity index (χ4n) is 4.97. The van der Waals surface area contributed by atoms with Gasteiger partial charge in [0.1, 0.15) is 0 Å². The Kier molecular flexibility index (Phi) is 5.71. The maximum atomic E-state index is 12.6. The highest BCUT2D eigenvalue weighted by molar-refractivity contribution is 5.80. The van der Waals surface area contributed by atoms with E-state index in [1.165, 1.54) is 0 Å². The lowest BCUT2D eigenvalue weighted by Gasteiger charge is -2.60. The third-order valence-electron chi connectivity index (χ3n) is 6.50. The molecule has 2 aliphatic carbocycles. The molecule has 2 fully saturated rings. The van der Waals surface area contributed by atoms with E-state index in [1.807, 2.05) is 0 Å². The van der Waals surface area contributed by atoms with Gasteiger partial charge in [-0.3, -0.25) is 9.59 Å². The van der Waals surface area contributed by atoms with E-state index in [2.05, 4.69) is 26.1 Å². The maximum Gasteiger partial charge on any atom is 0.306 e. The number of carbonyl (C=O) groups is 2. The molecule has 0 heterocycles. The lowest BCUT2D eigenvalue weighted by Crippen LogP contribution is -2.70. The number of ether oxygens (including phenoxy) is 1. The zero-order chi connectivity index (χ0) is 17.2. The van der Waals surface area contributed by atoms with Crippen LogP contribution >= 0.6 is 0 Å². The summed E-state index contributed by atoms with van der Waals surface area (Å²) >= 11 is 0. The number of carboxylic acid groups (broad SMARTS) is 1. The molecule has 1 amide bonds. The van der Waals surface area contributed by atoms with Gasteiger partial charge in [0, 0.05) is 30.4 Å². The van der Waals surface area contributed by atoms with E-state index in [4.69, 9.17) is 9.84 Å². The number of nitrogens with one attached hydrogen (secondary N) is 1. The topological polar surface area (TPSA) is 75.6 Å². The van der Waals surface area contributed by atoms with Gasteiger partial charge in [-0.1, -0.05) is 20.8 Å².